The van der Waals surface area contributed by atoms with E-state index in [4.69, 9.17) is 0 Å². The number of fused-ring (bicyclic) bond motifs is 1. The van der Waals surface area contributed by atoms with Crippen molar-refractivity contribution in [2.75, 3.05) is 6.54 Å². The summed E-state index contributed by atoms with van der Waals surface area (Å²) in [6.45, 7) is 3.59. The number of H-pyrrole nitrogens is 1. The second kappa shape index (κ2) is 7.97. The molecule has 0 saturated carbocycles. The minimum absolute atomic E-state index is 0.0180. The van der Waals surface area contributed by atoms with E-state index in [2.05, 4.69) is 35.3 Å². The first kappa shape index (κ1) is 19.6. The zero-order valence-corrected chi connectivity index (χ0v) is 17.4. The number of nitriles is 1. The van der Waals surface area contributed by atoms with E-state index in [0.717, 1.165) is 31.3 Å². The second-order valence-electron chi connectivity index (χ2n) is 6.92. The Bertz CT molecular complexity index is 1250. The van der Waals surface area contributed by atoms with Crippen LogP contribution >= 0.6 is 11.3 Å². The molecular formula is C24H19N3O2S. The van der Waals surface area contributed by atoms with Crippen LogP contribution in [0.15, 0.2) is 59.2 Å². The predicted octanol–water partition coefficient (Wildman–Crippen LogP) is 5.01. The van der Waals surface area contributed by atoms with Crippen molar-refractivity contribution in [2.45, 2.75) is 13.8 Å². The fourth-order valence-electron chi connectivity index (χ4n) is 3.44. The van der Waals surface area contributed by atoms with Gasteiger partial charge in [0.1, 0.15) is 11.6 Å². The Kier molecular flexibility index (Phi) is 5.21. The van der Waals surface area contributed by atoms with Crippen molar-refractivity contribution >= 4 is 51.6 Å². The van der Waals surface area contributed by atoms with Crippen LogP contribution in [0.25, 0.3) is 28.4 Å². The highest BCUT2D eigenvalue weighted by Gasteiger charge is 2.34. The number of benzene rings is 1. The normalized spacial score (nSPS) is 16.3. The Morgan fingerprint density at radius 1 is 1.13 bits per heavy atom. The molecule has 6 heteroatoms. The van der Waals surface area contributed by atoms with Gasteiger partial charge in [-0.25, -0.2) is 0 Å². The van der Waals surface area contributed by atoms with Crippen LogP contribution in [0.2, 0.25) is 0 Å². The Labute approximate surface area is 178 Å². The van der Waals surface area contributed by atoms with Crippen LogP contribution in [0.4, 0.5) is 0 Å². The van der Waals surface area contributed by atoms with E-state index in [1.54, 1.807) is 31.3 Å². The van der Waals surface area contributed by atoms with Crippen molar-refractivity contribution in [3.05, 3.63) is 75.3 Å². The van der Waals surface area contributed by atoms with E-state index < -0.39 is 5.91 Å². The van der Waals surface area contributed by atoms with Gasteiger partial charge in [0.15, 0.2) is 0 Å². The first-order chi connectivity index (χ1) is 14.5. The summed E-state index contributed by atoms with van der Waals surface area (Å²) in [5.74, 6) is -0.898. The summed E-state index contributed by atoms with van der Waals surface area (Å²) >= 11 is 1.65. The van der Waals surface area contributed by atoms with Crippen LogP contribution < -0.4 is 0 Å². The van der Waals surface area contributed by atoms with Crippen LogP contribution in [0.5, 0.6) is 0 Å². The Balaban J connectivity index is 1.66. The predicted molar refractivity (Wildman–Crippen MR) is 120 cm³/mol. The number of likely N-dealkylation sites (N-methyl/N-ethyl adjacent to an activating group) is 1. The number of aromatic amines is 1. The molecule has 148 valence electrons. The maximum atomic E-state index is 12.7. The smallest absolute Gasteiger partial charge is 0.271 e. The lowest BCUT2D eigenvalue weighted by Crippen LogP contribution is -2.42. The molecule has 0 saturated heterocycles. The van der Waals surface area contributed by atoms with Gasteiger partial charge in [-0.2, -0.15) is 5.26 Å². The van der Waals surface area contributed by atoms with Crippen molar-refractivity contribution in [3.63, 3.8) is 0 Å². The average molecular weight is 414 g/mol. The molecule has 5 nitrogen and oxygen atoms in total. The molecule has 1 aromatic carbocycles. The molecule has 2 amide bonds. The number of hydrogen-bond donors (Lipinski definition) is 1. The van der Waals surface area contributed by atoms with Gasteiger partial charge < -0.3 is 4.98 Å². The molecule has 3 aromatic rings. The van der Waals surface area contributed by atoms with Crippen molar-refractivity contribution in [1.82, 2.24) is 9.88 Å². The maximum Gasteiger partial charge on any atom is 0.271 e. The summed E-state index contributed by atoms with van der Waals surface area (Å²) in [5.41, 5.74) is 3.69. The monoisotopic (exact) mass is 413 g/mol. The highest BCUT2D eigenvalue weighted by Crippen LogP contribution is 2.31. The minimum atomic E-state index is -0.526. The van der Waals surface area contributed by atoms with Crippen molar-refractivity contribution in [2.24, 2.45) is 0 Å². The molecule has 0 atom stereocenters. The quantitative estimate of drug-likeness (QED) is 0.482. The minimum Gasteiger partial charge on any atom is -0.354 e. The summed E-state index contributed by atoms with van der Waals surface area (Å²) in [7, 11) is 0. The highest BCUT2D eigenvalue weighted by molar-refractivity contribution is 7.19. The third-order valence-corrected chi connectivity index (χ3v) is 6.07. The summed E-state index contributed by atoms with van der Waals surface area (Å²) in [6.07, 6.45) is 5.87. The lowest BCUT2D eigenvalue weighted by Gasteiger charge is -2.26. The number of hydrogen-bond acceptors (Lipinski definition) is 4. The van der Waals surface area contributed by atoms with Crippen molar-refractivity contribution in [3.8, 4) is 6.07 Å². The third kappa shape index (κ3) is 3.51. The second-order valence-corrected chi connectivity index (χ2v) is 8.04. The Morgan fingerprint density at radius 2 is 1.90 bits per heavy atom. The zero-order valence-electron chi connectivity index (χ0n) is 16.6. The molecule has 0 radical (unpaired) electrons. The molecule has 1 aliphatic rings. The number of nitrogens with zero attached hydrogens (tertiary/aromatic N) is 2. The molecular weight excluding hydrogens is 394 g/mol. The van der Waals surface area contributed by atoms with Crippen molar-refractivity contribution in [1.29, 1.82) is 5.26 Å². The van der Waals surface area contributed by atoms with Gasteiger partial charge in [-0.15, -0.1) is 11.3 Å². The van der Waals surface area contributed by atoms with E-state index in [1.165, 1.54) is 0 Å². The fraction of sp³-hybridized carbons (Fsp3) is 0.125. The molecule has 0 fully saturated rings. The van der Waals surface area contributed by atoms with Crippen LogP contribution in [0.1, 0.15) is 30.0 Å². The molecule has 4 rings (SSSR count). The number of imide groups is 1. The zero-order chi connectivity index (χ0) is 21.3. The van der Waals surface area contributed by atoms with Gasteiger partial charge in [0, 0.05) is 22.7 Å². The molecule has 1 N–H and O–H groups in total. The van der Waals surface area contributed by atoms with E-state index in [0.29, 0.717) is 11.1 Å². The molecule has 0 unspecified atom stereocenters. The molecule has 30 heavy (non-hydrogen) atoms. The lowest BCUT2D eigenvalue weighted by atomic mass is 9.94. The van der Waals surface area contributed by atoms with E-state index in [9.17, 15) is 14.9 Å². The number of thiophene rings is 1. The number of carbonyl (C=O) groups is 2. The van der Waals surface area contributed by atoms with Gasteiger partial charge in [-0.05, 0) is 49.3 Å². The van der Waals surface area contributed by atoms with Crippen LogP contribution in [0, 0.1) is 11.3 Å². The van der Waals surface area contributed by atoms with E-state index in [-0.39, 0.29) is 18.0 Å². The molecule has 3 heterocycles. The number of amides is 2. The summed E-state index contributed by atoms with van der Waals surface area (Å²) in [4.78, 5) is 30.6. The molecule has 0 aliphatic carbocycles. The van der Waals surface area contributed by atoms with Gasteiger partial charge in [-0.3, -0.25) is 14.5 Å². The van der Waals surface area contributed by atoms with Gasteiger partial charge in [-0.1, -0.05) is 36.4 Å². The van der Waals surface area contributed by atoms with Gasteiger partial charge in [0.25, 0.3) is 11.8 Å². The summed E-state index contributed by atoms with van der Waals surface area (Å²) in [6, 6.07) is 16.1. The Morgan fingerprint density at radius 3 is 2.57 bits per heavy atom. The SMILES string of the molecule is CCN1C(=O)C(C#N)=C(C)/C(=C/c2cc3sc(/C=C/c4ccccc4)cc3[nH]2)C1=O. The Hall–Kier alpha value is -3.69. The number of rotatable bonds is 4. The molecule has 0 spiro atoms. The molecule has 1 aliphatic heterocycles. The van der Waals surface area contributed by atoms with Crippen LogP contribution in [-0.2, 0) is 9.59 Å². The maximum absolute atomic E-state index is 12.7. The van der Waals surface area contributed by atoms with Crippen LogP contribution in [-0.4, -0.2) is 28.2 Å². The number of aromatic nitrogens is 1. The largest absolute Gasteiger partial charge is 0.354 e. The first-order valence-electron chi connectivity index (χ1n) is 9.56. The summed E-state index contributed by atoms with van der Waals surface area (Å²) < 4.78 is 1.07. The van der Waals surface area contributed by atoms with E-state index in [1.807, 2.05) is 30.3 Å². The van der Waals surface area contributed by atoms with Gasteiger partial charge in [0.05, 0.1) is 10.2 Å². The van der Waals surface area contributed by atoms with Crippen LogP contribution in [0.3, 0.4) is 0 Å². The van der Waals surface area contributed by atoms with Gasteiger partial charge in [0.2, 0.25) is 0 Å². The standard InChI is InChI=1S/C24H19N3O2S/c1-3-27-23(28)19(15(2)20(14-25)24(27)29)11-17-12-22-21(26-17)13-18(30-22)10-9-16-7-5-4-6-8-16/h4-13,26H,3H2,1-2H3/b10-9+,19-11-. The average Bonchev–Trinajstić information content (AvgIpc) is 3.29. The number of nitrogens with one attached hydrogen (secondary N) is 1. The molecule has 2 aromatic heterocycles. The van der Waals surface area contributed by atoms with E-state index >= 15 is 0 Å². The van der Waals surface area contributed by atoms with Crippen molar-refractivity contribution < 1.29 is 9.59 Å². The van der Waals surface area contributed by atoms with Gasteiger partial charge >= 0.3 is 0 Å². The lowest BCUT2D eigenvalue weighted by molar-refractivity contribution is -0.140. The molecule has 0 bridgehead atoms. The third-order valence-electron chi connectivity index (χ3n) is 5.03. The first-order valence-corrected chi connectivity index (χ1v) is 10.4. The topological polar surface area (TPSA) is 77.0 Å². The number of carbonyl (C=O) groups excluding carboxylic acids is 2. The fourth-order valence-corrected chi connectivity index (χ4v) is 4.41. The highest BCUT2D eigenvalue weighted by atomic mass is 32.1. The summed E-state index contributed by atoms with van der Waals surface area (Å²) in [5, 5.41) is 9.35.